The van der Waals surface area contributed by atoms with Crippen LogP contribution in [0.5, 0.6) is 5.75 Å². The van der Waals surface area contributed by atoms with Crippen molar-refractivity contribution in [2.24, 2.45) is 0 Å². The number of nitrogens with one attached hydrogen (secondary N) is 2. The van der Waals surface area contributed by atoms with Gasteiger partial charge < -0.3 is 15.4 Å². The second-order valence-electron chi connectivity index (χ2n) is 5.62. The van der Waals surface area contributed by atoms with Crippen LogP contribution in [-0.4, -0.2) is 16.6 Å². The third-order valence-corrected chi connectivity index (χ3v) is 3.84. The summed E-state index contributed by atoms with van der Waals surface area (Å²) in [5.74, 6) is 2.29. The van der Waals surface area contributed by atoms with Gasteiger partial charge in [0, 0.05) is 12.6 Å². The Morgan fingerprint density at radius 3 is 2.56 bits per heavy atom. The van der Waals surface area contributed by atoms with Gasteiger partial charge >= 0.3 is 0 Å². The predicted molar refractivity (Wildman–Crippen MR) is 101 cm³/mol. The molecule has 0 amide bonds. The van der Waals surface area contributed by atoms with E-state index in [4.69, 9.17) is 4.74 Å². The van der Waals surface area contributed by atoms with E-state index in [1.165, 1.54) is 11.1 Å². The van der Waals surface area contributed by atoms with Crippen LogP contribution in [-0.2, 0) is 6.54 Å². The number of benzene rings is 2. The van der Waals surface area contributed by atoms with Crippen molar-refractivity contribution in [3.8, 4) is 5.75 Å². The minimum absolute atomic E-state index is 0.617. The van der Waals surface area contributed by atoms with Crippen molar-refractivity contribution in [3.05, 3.63) is 72.1 Å². The first-order valence-corrected chi connectivity index (χ1v) is 8.35. The molecule has 0 aliphatic rings. The Hall–Kier alpha value is -3.08. The van der Waals surface area contributed by atoms with Gasteiger partial charge in [0.15, 0.2) is 0 Å². The molecule has 25 heavy (non-hydrogen) atoms. The minimum Gasteiger partial charge on any atom is -0.492 e. The standard InChI is InChI=1S/C20H22N4O/c1-3-25-18-11-7-6-10-17(18)24-20-12-19(22-14-23-20)21-13-16-9-5-4-8-15(16)2/h4-12,14H,3,13H2,1-2H3,(H2,21,22,23,24). The Kier molecular flexibility index (Phi) is 5.46. The van der Waals surface area contributed by atoms with Gasteiger partial charge in [-0.3, -0.25) is 0 Å². The fourth-order valence-corrected chi connectivity index (χ4v) is 2.51. The molecule has 0 aliphatic heterocycles. The van der Waals surface area contributed by atoms with E-state index < -0.39 is 0 Å². The number of anilines is 3. The summed E-state index contributed by atoms with van der Waals surface area (Å²) in [7, 11) is 0. The second-order valence-corrected chi connectivity index (χ2v) is 5.62. The van der Waals surface area contributed by atoms with Crippen molar-refractivity contribution in [2.75, 3.05) is 17.2 Å². The van der Waals surface area contributed by atoms with E-state index in [1.807, 2.05) is 49.4 Å². The third kappa shape index (κ3) is 4.47. The highest BCUT2D eigenvalue weighted by Gasteiger charge is 2.05. The number of hydrogen-bond donors (Lipinski definition) is 2. The molecule has 0 unspecified atom stereocenters. The topological polar surface area (TPSA) is 59.1 Å². The molecule has 128 valence electrons. The number of nitrogens with zero attached hydrogens (tertiary/aromatic N) is 2. The van der Waals surface area contributed by atoms with E-state index >= 15 is 0 Å². The summed E-state index contributed by atoms with van der Waals surface area (Å²) in [6.07, 6.45) is 1.55. The molecule has 5 heteroatoms. The molecule has 0 saturated carbocycles. The Morgan fingerprint density at radius 2 is 1.72 bits per heavy atom. The van der Waals surface area contributed by atoms with E-state index in [0.717, 1.165) is 29.6 Å². The lowest BCUT2D eigenvalue weighted by atomic mass is 10.1. The lowest BCUT2D eigenvalue weighted by Gasteiger charge is -2.12. The number of para-hydroxylation sites is 2. The van der Waals surface area contributed by atoms with E-state index in [9.17, 15) is 0 Å². The maximum absolute atomic E-state index is 5.64. The molecule has 2 N–H and O–H groups in total. The van der Waals surface area contributed by atoms with Gasteiger partial charge in [0.1, 0.15) is 23.7 Å². The molecule has 3 rings (SSSR count). The highest BCUT2D eigenvalue weighted by molar-refractivity contribution is 5.65. The van der Waals surface area contributed by atoms with Crippen LogP contribution in [0.2, 0.25) is 0 Å². The summed E-state index contributed by atoms with van der Waals surface area (Å²) < 4.78 is 5.64. The quantitative estimate of drug-likeness (QED) is 0.664. The highest BCUT2D eigenvalue weighted by Crippen LogP contribution is 2.27. The fraction of sp³-hybridized carbons (Fsp3) is 0.200. The number of rotatable bonds is 7. The molecule has 0 bridgehead atoms. The highest BCUT2D eigenvalue weighted by atomic mass is 16.5. The largest absolute Gasteiger partial charge is 0.492 e. The maximum atomic E-state index is 5.64. The molecule has 0 radical (unpaired) electrons. The average molecular weight is 334 g/mol. The summed E-state index contributed by atoms with van der Waals surface area (Å²) in [6.45, 7) is 5.41. The van der Waals surface area contributed by atoms with Crippen molar-refractivity contribution in [1.82, 2.24) is 9.97 Å². The van der Waals surface area contributed by atoms with E-state index in [-0.39, 0.29) is 0 Å². The van der Waals surface area contributed by atoms with Gasteiger partial charge in [0.25, 0.3) is 0 Å². The molecule has 2 aromatic carbocycles. The molecule has 1 heterocycles. The number of ether oxygens (including phenoxy) is 1. The van der Waals surface area contributed by atoms with Gasteiger partial charge in [-0.05, 0) is 37.1 Å². The first-order valence-electron chi connectivity index (χ1n) is 8.35. The summed E-state index contributed by atoms with van der Waals surface area (Å²) >= 11 is 0. The van der Waals surface area contributed by atoms with Gasteiger partial charge in [-0.2, -0.15) is 0 Å². The normalized spacial score (nSPS) is 10.3. The van der Waals surface area contributed by atoms with Crippen molar-refractivity contribution >= 4 is 17.3 Å². The molecule has 0 fully saturated rings. The molecule has 0 aliphatic carbocycles. The summed E-state index contributed by atoms with van der Waals surface area (Å²) in [6, 6.07) is 18.0. The minimum atomic E-state index is 0.617. The molecule has 5 nitrogen and oxygen atoms in total. The first kappa shape index (κ1) is 16.8. The lowest BCUT2D eigenvalue weighted by molar-refractivity contribution is 0.342. The van der Waals surface area contributed by atoms with Gasteiger partial charge in [-0.15, -0.1) is 0 Å². The van der Waals surface area contributed by atoms with Gasteiger partial charge in [-0.1, -0.05) is 36.4 Å². The number of aromatic nitrogens is 2. The van der Waals surface area contributed by atoms with Crippen LogP contribution in [0.1, 0.15) is 18.1 Å². The van der Waals surface area contributed by atoms with E-state index in [1.54, 1.807) is 6.33 Å². The van der Waals surface area contributed by atoms with E-state index in [0.29, 0.717) is 6.61 Å². The summed E-state index contributed by atoms with van der Waals surface area (Å²) in [5.41, 5.74) is 3.39. The molecule has 3 aromatic rings. The molecular formula is C20H22N4O. The smallest absolute Gasteiger partial charge is 0.142 e. The van der Waals surface area contributed by atoms with Crippen LogP contribution in [0.15, 0.2) is 60.9 Å². The number of aryl methyl sites for hydroxylation is 1. The lowest BCUT2D eigenvalue weighted by Crippen LogP contribution is -2.04. The molecular weight excluding hydrogens is 312 g/mol. The monoisotopic (exact) mass is 334 g/mol. The third-order valence-electron chi connectivity index (χ3n) is 3.84. The summed E-state index contributed by atoms with van der Waals surface area (Å²) in [4.78, 5) is 8.58. The zero-order chi connectivity index (χ0) is 17.5. The Labute approximate surface area is 148 Å². The average Bonchev–Trinajstić information content (AvgIpc) is 2.63. The maximum Gasteiger partial charge on any atom is 0.142 e. The number of hydrogen-bond acceptors (Lipinski definition) is 5. The SMILES string of the molecule is CCOc1ccccc1Nc1cc(NCc2ccccc2C)ncn1. The van der Waals surface area contributed by atoms with Crippen LogP contribution in [0.4, 0.5) is 17.3 Å². The first-order chi connectivity index (χ1) is 12.3. The van der Waals surface area contributed by atoms with Gasteiger partial charge in [-0.25, -0.2) is 9.97 Å². The zero-order valence-corrected chi connectivity index (χ0v) is 14.5. The van der Waals surface area contributed by atoms with Crippen LogP contribution < -0.4 is 15.4 Å². The van der Waals surface area contributed by atoms with Gasteiger partial charge in [0.2, 0.25) is 0 Å². The summed E-state index contributed by atoms with van der Waals surface area (Å²) in [5, 5.41) is 6.64. The van der Waals surface area contributed by atoms with E-state index in [2.05, 4.69) is 39.7 Å². The zero-order valence-electron chi connectivity index (χ0n) is 14.5. The van der Waals surface area contributed by atoms with Crippen LogP contribution >= 0.6 is 0 Å². The Bertz CT molecular complexity index is 835. The molecule has 0 atom stereocenters. The Morgan fingerprint density at radius 1 is 0.960 bits per heavy atom. The van der Waals surface area contributed by atoms with Crippen LogP contribution in [0, 0.1) is 6.92 Å². The second kappa shape index (κ2) is 8.15. The molecule has 0 spiro atoms. The van der Waals surface area contributed by atoms with Gasteiger partial charge in [0.05, 0.1) is 12.3 Å². The van der Waals surface area contributed by atoms with Crippen LogP contribution in [0.25, 0.3) is 0 Å². The van der Waals surface area contributed by atoms with Crippen molar-refractivity contribution in [1.29, 1.82) is 0 Å². The fourth-order valence-electron chi connectivity index (χ4n) is 2.51. The van der Waals surface area contributed by atoms with Crippen molar-refractivity contribution < 1.29 is 4.74 Å². The van der Waals surface area contributed by atoms with Crippen molar-refractivity contribution in [2.45, 2.75) is 20.4 Å². The van der Waals surface area contributed by atoms with Crippen LogP contribution in [0.3, 0.4) is 0 Å². The Balaban J connectivity index is 1.71. The molecule has 0 saturated heterocycles. The predicted octanol–water partition coefficient (Wildman–Crippen LogP) is 4.54. The molecule has 1 aromatic heterocycles. The van der Waals surface area contributed by atoms with Crippen molar-refractivity contribution in [3.63, 3.8) is 0 Å².